The van der Waals surface area contributed by atoms with Gasteiger partial charge < -0.3 is 10.1 Å². The molecule has 6 heteroatoms. The first kappa shape index (κ1) is 12.6. The van der Waals surface area contributed by atoms with E-state index in [0.717, 1.165) is 19.2 Å². The van der Waals surface area contributed by atoms with Crippen LogP contribution in [-0.2, 0) is 9.53 Å². The average molecular weight is 236 g/mol. The second-order valence-corrected chi connectivity index (χ2v) is 3.07. The number of rotatable bonds is 3. The van der Waals surface area contributed by atoms with Crippen molar-refractivity contribution in [1.29, 1.82) is 5.26 Å². The second kappa shape index (κ2) is 5.61. The van der Waals surface area contributed by atoms with Crippen molar-refractivity contribution in [2.24, 2.45) is 0 Å². The van der Waals surface area contributed by atoms with Crippen LogP contribution in [0.15, 0.2) is 18.2 Å². The fourth-order valence-electron chi connectivity index (χ4n) is 1.15. The molecule has 1 rings (SSSR count). The van der Waals surface area contributed by atoms with Crippen LogP contribution in [-0.4, -0.2) is 19.0 Å². The van der Waals surface area contributed by atoms with Gasteiger partial charge in [0.1, 0.15) is 12.2 Å². The number of nitrogens with one attached hydrogen (secondary N) is 1. The molecule has 88 valence electrons. The van der Waals surface area contributed by atoms with Gasteiger partial charge in [-0.1, -0.05) is 0 Å². The van der Waals surface area contributed by atoms with Crippen LogP contribution in [0.4, 0.5) is 10.1 Å². The molecule has 0 unspecified atom stereocenters. The van der Waals surface area contributed by atoms with Crippen LogP contribution < -0.4 is 5.32 Å². The molecule has 0 fully saturated rings. The van der Waals surface area contributed by atoms with Crippen LogP contribution in [0.1, 0.15) is 16.8 Å². The predicted molar refractivity (Wildman–Crippen MR) is 56.6 cm³/mol. The molecule has 0 spiro atoms. The standard InChI is InChI=1S/C11H9FN2O3/c1-17-11(16)8-6-7(2-3-9(8)12)14-10(15)4-5-13/h2-3,6H,4H2,1H3,(H,14,15). The van der Waals surface area contributed by atoms with Crippen molar-refractivity contribution >= 4 is 17.6 Å². The summed E-state index contributed by atoms with van der Waals surface area (Å²) in [5.74, 6) is -2.11. The number of anilines is 1. The molecule has 0 aromatic heterocycles. The molecule has 0 atom stereocenters. The molecule has 0 saturated heterocycles. The number of carbonyl (C=O) groups is 2. The minimum absolute atomic E-state index is 0.229. The van der Waals surface area contributed by atoms with Crippen LogP contribution in [0, 0.1) is 17.1 Å². The highest BCUT2D eigenvalue weighted by molar-refractivity contribution is 5.95. The van der Waals surface area contributed by atoms with Crippen molar-refractivity contribution in [2.75, 3.05) is 12.4 Å². The third-order valence-electron chi connectivity index (χ3n) is 1.90. The van der Waals surface area contributed by atoms with E-state index in [9.17, 15) is 14.0 Å². The van der Waals surface area contributed by atoms with E-state index in [4.69, 9.17) is 5.26 Å². The Bertz CT molecular complexity index is 494. The van der Waals surface area contributed by atoms with Gasteiger partial charge in [0.05, 0.1) is 18.7 Å². The third-order valence-corrected chi connectivity index (χ3v) is 1.90. The summed E-state index contributed by atoms with van der Waals surface area (Å²) in [4.78, 5) is 22.3. The van der Waals surface area contributed by atoms with Crippen molar-refractivity contribution in [3.63, 3.8) is 0 Å². The zero-order valence-electron chi connectivity index (χ0n) is 8.99. The molecule has 0 aliphatic carbocycles. The van der Waals surface area contributed by atoms with Gasteiger partial charge in [0.2, 0.25) is 5.91 Å². The van der Waals surface area contributed by atoms with Gasteiger partial charge >= 0.3 is 5.97 Å². The first-order valence-corrected chi connectivity index (χ1v) is 4.63. The van der Waals surface area contributed by atoms with E-state index >= 15 is 0 Å². The van der Waals surface area contributed by atoms with Gasteiger partial charge in [0.25, 0.3) is 0 Å². The quantitative estimate of drug-likeness (QED) is 0.806. The molecule has 1 aromatic carbocycles. The Morgan fingerprint density at radius 2 is 2.24 bits per heavy atom. The van der Waals surface area contributed by atoms with Crippen LogP contribution in [0.25, 0.3) is 0 Å². The molecular formula is C11H9FN2O3. The number of ether oxygens (including phenoxy) is 1. The van der Waals surface area contributed by atoms with Gasteiger partial charge in [0, 0.05) is 5.69 Å². The lowest BCUT2D eigenvalue weighted by Crippen LogP contribution is -2.12. The summed E-state index contributed by atoms with van der Waals surface area (Å²) in [5.41, 5.74) is -0.0469. The summed E-state index contributed by atoms with van der Waals surface area (Å²) in [6.07, 6.45) is -0.315. The summed E-state index contributed by atoms with van der Waals surface area (Å²) in [5, 5.41) is 10.6. The smallest absolute Gasteiger partial charge is 0.340 e. The Balaban J connectivity index is 2.93. The van der Waals surface area contributed by atoms with Crippen LogP contribution in [0.5, 0.6) is 0 Å². The van der Waals surface area contributed by atoms with E-state index in [1.807, 2.05) is 0 Å². The van der Waals surface area contributed by atoms with E-state index in [-0.39, 0.29) is 17.7 Å². The first-order valence-electron chi connectivity index (χ1n) is 4.63. The SMILES string of the molecule is COC(=O)c1cc(NC(=O)CC#N)ccc1F. The topological polar surface area (TPSA) is 79.2 Å². The monoisotopic (exact) mass is 236 g/mol. The van der Waals surface area contributed by atoms with Gasteiger partial charge in [-0.05, 0) is 18.2 Å². The minimum Gasteiger partial charge on any atom is -0.465 e. The number of nitriles is 1. The van der Waals surface area contributed by atoms with E-state index in [2.05, 4.69) is 10.1 Å². The second-order valence-electron chi connectivity index (χ2n) is 3.07. The van der Waals surface area contributed by atoms with E-state index in [1.165, 1.54) is 6.07 Å². The molecule has 0 aliphatic rings. The predicted octanol–water partition coefficient (Wildman–Crippen LogP) is 1.46. The van der Waals surface area contributed by atoms with Gasteiger partial charge in [-0.15, -0.1) is 0 Å². The van der Waals surface area contributed by atoms with Crippen LogP contribution in [0.2, 0.25) is 0 Å². The minimum atomic E-state index is -0.834. The van der Waals surface area contributed by atoms with Gasteiger partial charge in [-0.25, -0.2) is 9.18 Å². The number of nitrogens with zero attached hydrogens (tertiary/aromatic N) is 1. The van der Waals surface area contributed by atoms with Crippen LogP contribution in [0.3, 0.4) is 0 Å². The molecule has 5 nitrogen and oxygen atoms in total. The maximum absolute atomic E-state index is 13.2. The van der Waals surface area contributed by atoms with E-state index in [1.54, 1.807) is 6.07 Å². The summed E-state index contributed by atoms with van der Waals surface area (Å²) < 4.78 is 17.6. The Kier molecular flexibility index (Phi) is 4.17. The fourth-order valence-corrected chi connectivity index (χ4v) is 1.15. The number of amides is 1. The Hall–Kier alpha value is -2.42. The molecule has 0 bridgehead atoms. The lowest BCUT2D eigenvalue weighted by molar-refractivity contribution is -0.115. The van der Waals surface area contributed by atoms with Crippen molar-refractivity contribution in [3.05, 3.63) is 29.6 Å². The highest BCUT2D eigenvalue weighted by Gasteiger charge is 2.13. The van der Waals surface area contributed by atoms with Crippen molar-refractivity contribution in [1.82, 2.24) is 0 Å². The number of carbonyl (C=O) groups excluding carboxylic acids is 2. The maximum Gasteiger partial charge on any atom is 0.340 e. The average Bonchev–Trinajstić information content (AvgIpc) is 2.31. The Labute approximate surface area is 96.8 Å². The lowest BCUT2D eigenvalue weighted by atomic mass is 10.2. The van der Waals surface area contributed by atoms with Gasteiger partial charge in [-0.3, -0.25) is 4.79 Å². The lowest BCUT2D eigenvalue weighted by Gasteiger charge is -2.06. The summed E-state index contributed by atoms with van der Waals surface area (Å²) in [6.45, 7) is 0. The molecule has 0 radical (unpaired) electrons. The molecular weight excluding hydrogens is 227 g/mol. The number of benzene rings is 1. The largest absolute Gasteiger partial charge is 0.465 e. The zero-order chi connectivity index (χ0) is 12.8. The fraction of sp³-hybridized carbons (Fsp3) is 0.182. The third kappa shape index (κ3) is 3.28. The number of methoxy groups -OCH3 is 1. The molecule has 0 heterocycles. The summed E-state index contributed by atoms with van der Waals surface area (Å²) >= 11 is 0. The van der Waals surface area contributed by atoms with Crippen molar-refractivity contribution in [3.8, 4) is 6.07 Å². The highest BCUT2D eigenvalue weighted by atomic mass is 19.1. The van der Waals surface area contributed by atoms with Crippen molar-refractivity contribution < 1.29 is 18.7 Å². The molecule has 1 N–H and O–H groups in total. The number of hydrogen-bond acceptors (Lipinski definition) is 4. The zero-order valence-corrected chi connectivity index (χ0v) is 8.99. The van der Waals surface area contributed by atoms with Gasteiger partial charge in [0.15, 0.2) is 0 Å². The van der Waals surface area contributed by atoms with Gasteiger partial charge in [-0.2, -0.15) is 5.26 Å². The first-order chi connectivity index (χ1) is 8.08. The molecule has 1 amide bonds. The van der Waals surface area contributed by atoms with E-state index < -0.39 is 17.7 Å². The Morgan fingerprint density at radius 1 is 1.53 bits per heavy atom. The van der Waals surface area contributed by atoms with Crippen molar-refractivity contribution in [2.45, 2.75) is 6.42 Å². The molecule has 0 aliphatic heterocycles. The number of hydrogen-bond donors (Lipinski definition) is 1. The van der Waals surface area contributed by atoms with Crippen LogP contribution >= 0.6 is 0 Å². The maximum atomic E-state index is 13.2. The normalized spacial score (nSPS) is 9.24. The molecule has 17 heavy (non-hydrogen) atoms. The summed E-state index contributed by atoms with van der Waals surface area (Å²) in [6, 6.07) is 5.14. The molecule has 0 saturated carbocycles. The number of esters is 1. The highest BCUT2D eigenvalue weighted by Crippen LogP contribution is 2.15. The molecule has 1 aromatic rings. The summed E-state index contributed by atoms with van der Waals surface area (Å²) in [7, 11) is 1.13. The van der Waals surface area contributed by atoms with E-state index in [0.29, 0.717) is 0 Å². The Morgan fingerprint density at radius 3 is 2.82 bits per heavy atom. The number of halogens is 1.